The molecular formula is C18H28N4O. The summed E-state index contributed by atoms with van der Waals surface area (Å²) in [7, 11) is 1.86. The molecule has 1 amide bonds. The van der Waals surface area contributed by atoms with E-state index in [-0.39, 0.29) is 11.9 Å². The summed E-state index contributed by atoms with van der Waals surface area (Å²) < 4.78 is 0. The number of piperidine rings is 1. The lowest BCUT2D eigenvalue weighted by molar-refractivity contribution is -0.132. The molecule has 1 aromatic rings. The third kappa shape index (κ3) is 5.58. The Morgan fingerprint density at radius 2 is 2.09 bits per heavy atom. The van der Waals surface area contributed by atoms with Crippen LogP contribution in [0.2, 0.25) is 0 Å². The van der Waals surface area contributed by atoms with E-state index in [2.05, 4.69) is 53.7 Å². The number of rotatable bonds is 5. The molecule has 5 nitrogen and oxygen atoms in total. The highest BCUT2D eigenvalue weighted by molar-refractivity contribution is 5.81. The van der Waals surface area contributed by atoms with Crippen LogP contribution in [0.25, 0.3) is 0 Å². The standard InChI is InChI=1S/C18H28N4O/c1-4-19-18(21-16-9-10-17(23)22(3)13-16)20-12-11-15-7-5-14(2)6-8-15/h5-8,16H,4,9-13H2,1-3H3,(H2,19,20,21). The molecule has 5 heteroatoms. The average Bonchev–Trinajstić information content (AvgIpc) is 2.53. The molecule has 126 valence electrons. The maximum absolute atomic E-state index is 11.6. The Bertz CT molecular complexity index is 538. The summed E-state index contributed by atoms with van der Waals surface area (Å²) in [6.45, 7) is 6.48. The fourth-order valence-corrected chi connectivity index (χ4v) is 2.69. The number of carbonyl (C=O) groups is 1. The fraction of sp³-hybridized carbons (Fsp3) is 0.556. The number of hydrogen-bond acceptors (Lipinski definition) is 2. The van der Waals surface area contributed by atoms with Gasteiger partial charge in [-0.05, 0) is 32.3 Å². The van der Waals surface area contributed by atoms with Gasteiger partial charge in [-0.25, -0.2) is 0 Å². The van der Waals surface area contributed by atoms with E-state index in [4.69, 9.17) is 0 Å². The van der Waals surface area contributed by atoms with Crippen LogP contribution in [-0.4, -0.2) is 49.5 Å². The van der Waals surface area contributed by atoms with E-state index in [1.165, 1.54) is 11.1 Å². The number of carbonyl (C=O) groups excluding carboxylic acids is 1. The number of likely N-dealkylation sites (tertiary alicyclic amines) is 1. The van der Waals surface area contributed by atoms with Gasteiger partial charge >= 0.3 is 0 Å². The first-order chi connectivity index (χ1) is 11.1. The monoisotopic (exact) mass is 316 g/mol. The van der Waals surface area contributed by atoms with Gasteiger partial charge in [-0.3, -0.25) is 9.79 Å². The summed E-state index contributed by atoms with van der Waals surface area (Å²) in [6, 6.07) is 8.86. The van der Waals surface area contributed by atoms with Crippen molar-refractivity contribution in [1.82, 2.24) is 15.5 Å². The molecule has 2 N–H and O–H groups in total. The van der Waals surface area contributed by atoms with Gasteiger partial charge in [0.1, 0.15) is 0 Å². The van der Waals surface area contributed by atoms with Gasteiger partial charge in [0.25, 0.3) is 0 Å². The van der Waals surface area contributed by atoms with E-state index in [1.54, 1.807) is 4.90 Å². The molecule has 1 atom stereocenters. The van der Waals surface area contributed by atoms with Gasteiger partial charge in [0.2, 0.25) is 5.91 Å². The van der Waals surface area contributed by atoms with Crippen molar-refractivity contribution in [3.63, 3.8) is 0 Å². The molecule has 1 aliphatic heterocycles. The number of hydrogen-bond donors (Lipinski definition) is 2. The molecule has 2 rings (SSSR count). The van der Waals surface area contributed by atoms with E-state index in [0.717, 1.165) is 38.4 Å². The number of aryl methyl sites for hydroxylation is 1. The summed E-state index contributed by atoms with van der Waals surface area (Å²) in [5.41, 5.74) is 2.58. The number of nitrogens with one attached hydrogen (secondary N) is 2. The Balaban J connectivity index is 1.86. The maximum Gasteiger partial charge on any atom is 0.222 e. The SMILES string of the molecule is CCNC(=NCCc1ccc(C)cc1)NC1CCC(=O)N(C)C1. The minimum Gasteiger partial charge on any atom is -0.357 e. The van der Waals surface area contributed by atoms with E-state index < -0.39 is 0 Å². The average molecular weight is 316 g/mol. The van der Waals surface area contributed by atoms with Gasteiger partial charge in [-0.1, -0.05) is 29.8 Å². The number of amides is 1. The lowest BCUT2D eigenvalue weighted by Gasteiger charge is -2.31. The van der Waals surface area contributed by atoms with Crippen molar-refractivity contribution in [2.24, 2.45) is 4.99 Å². The zero-order chi connectivity index (χ0) is 16.7. The van der Waals surface area contributed by atoms with Crippen molar-refractivity contribution in [3.8, 4) is 0 Å². The van der Waals surface area contributed by atoms with Crippen molar-refractivity contribution in [1.29, 1.82) is 0 Å². The lowest BCUT2D eigenvalue weighted by atomic mass is 10.1. The number of aliphatic imine (C=N–C) groups is 1. The molecule has 0 bridgehead atoms. The van der Waals surface area contributed by atoms with E-state index >= 15 is 0 Å². The van der Waals surface area contributed by atoms with Gasteiger partial charge in [0, 0.05) is 39.1 Å². The molecule has 0 radical (unpaired) electrons. The number of benzene rings is 1. The molecule has 0 aromatic heterocycles. The van der Waals surface area contributed by atoms with Crippen LogP contribution in [0.1, 0.15) is 30.9 Å². The number of guanidine groups is 1. The summed E-state index contributed by atoms with van der Waals surface area (Å²) in [5.74, 6) is 1.07. The van der Waals surface area contributed by atoms with Gasteiger partial charge in [-0.15, -0.1) is 0 Å². The van der Waals surface area contributed by atoms with Crippen LogP contribution in [-0.2, 0) is 11.2 Å². The van der Waals surface area contributed by atoms with Gasteiger partial charge in [0.05, 0.1) is 0 Å². The van der Waals surface area contributed by atoms with Crippen LogP contribution in [0, 0.1) is 6.92 Å². The molecule has 1 aliphatic rings. The summed E-state index contributed by atoms with van der Waals surface area (Å²) in [4.78, 5) is 18.0. The molecule has 0 spiro atoms. The summed E-state index contributed by atoms with van der Waals surface area (Å²) in [5, 5.41) is 6.74. The Kier molecular flexibility index (Phi) is 6.44. The number of likely N-dealkylation sites (N-methyl/N-ethyl adjacent to an activating group) is 1. The highest BCUT2D eigenvalue weighted by atomic mass is 16.2. The smallest absolute Gasteiger partial charge is 0.222 e. The molecular weight excluding hydrogens is 288 g/mol. The van der Waals surface area contributed by atoms with Crippen molar-refractivity contribution in [2.75, 3.05) is 26.7 Å². The van der Waals surface area contributed by atoms with Crippen LogP contribution in [0.15, 0.2) is 29.3 Å². The summed E-state index contributed by atoms with van der Waals surface area (Å²) >= 11 is 0. The Labute approximate surface area is 139 Å². The third-order valence-corrected chi connectivity index (χ3v) is 4.10. The maximum atomic E-state index is 11.6. The number of nitrogens with zero attached hydrogens (tertiary/aromatic N) is 2. The Morgan fingerprint density at radius 3 is 2.74 bits per heavy atom. The van der Waals surface area contributed by atoms with Crippen molar-refractivity contribution < 1.29 is 4.79 Å². The normalized spacial score (nSPS) is 18.9. The highest BCUT2D eigenvalue weighted by Gasteiger charge is 2.23. The predicted molar refractivity (Wildman–Crippen MR) is 94.7 cm³/mol. The van der Waals surface area contributed by atoms with Crippen LogP contribution in [0.3, 0.4) is 0 Å². The Hall–Kier alpha value is -2.04. The van der Waals surface area contributed by atoms with Gasteiger partial charge in [0.15, 0.2) is 5.96 Å². The van der Waals surface area contributed by atoms with Crippen LogP contribution >= 0.6 is 0 Å². The minimum atomic E-state index is 0.226. The van der Waals surface area contributed by atoms with Crippen LogP contribution in [0.4, 0.5) is 0 Å². The van der Waals surface area contributed by atoms with E-state index in [1.807, 2.05) is 7.05 Å². The van der Waals surface area contributed by atoms with Gasteiger partial charge < -0.3 is 15.5 Å². The van der Waals surface area contributed by atoms with Crippen molar-refractivity contribution >= 4 is 11.9 Å². The zero-order valence-corrected chi connectivity index (χ0v) is 14.4. The Morgan fingerprint density at radius 1 is 1.35 bits per heavy atom. The molecule has 0 saturated carbocycles. The van der Waals surface area contributed by atoms with Crippen LogP contribution in [0.5, 0.6) is 0 Å². The second kappa shape index (κ2) is 8.56. The minimum absolute atomic E-state index is 0.226. The first kappa shape index (κ1) is 17.3. The highest BCUT2D eigenvalue weighted by Crippen LogP contribution is 2.09. The second-order valence-electron chi connectivity index (χ2n) is 6.15. The second-order valence-corrected chi connectivity index (χ2v) is 6.15. The molecule has 1 heterocycles. The molecule has 1 fully saturated rings. The first-order valence-electron chi connectivity index (χ1n) is 8.43. The van der Waals surface area contributed by atoms with Crippen LogP contribution < -0.4 is 10.6 Å². The van der Waals surface area contributed by atoms with E-state index in [9.17, 15) is 4.79 Å². The van der Waals surface area contributed by atoms with Gasteiger partial charge in [-0.2, -0.15) is 0 Å². The topological polar surface area (TPSA) is 56.7 Å². The molecule has 1 aromatic carbocycles. The lowest BCUT2D eigenvalue weighted by Crippen LogP contribution is -2.51. The molecule has 1 unspecified atom stereocenters. The van der Waals surface area contributed by atoms with Crippen molar-refractivity contribution in [3.05, 3.63) is 35.4 Å². The predicted octanol–water partition coefficient (Wildman–Crippen LogP) is 1.71. The zero-order valence-electron chi connectivity index (χ0n) is 14.4. The third-order valence-electron chi connectivity index (χ3n) is 4.10. The fourth-order valence-electron chi connectivity index (χ4n) is 2.69. The molecule has 23 heavy (non-hydrogen) atoms. The first-order valence-corrected chi connectivity index (χ1v) is 8.43. The molecule has 1 saturated heterocycles. The quantitative estimate of drug-likeness (QED) is 0.642. The van der Waals surface area contributed by atoms with Crippen molar-refractivity contribution in [2.45, 2.75) is 39.2 Å². The summed E-state index contributed by atoms with van der Waals surface area (Å²) in [6.07, 6.45) is 2.41. The molecule has 0 aliphatic carbocycles. The largest absolute Gasteiger partial charge is 0.357 e. The van der Waals surface area contributed by atoms with E-state index in [0.29, 0.717) is 6.42 Å².